The van der Waals surface area contributed by atoms with E-state index in [1.54, 1.807) is 31.2 Å². The predicted molar refractivity (Wildman–Crippen MR) is 122 cm³/mol. The normalized spacial score (nSPS) is 15.9. The Balaban J connectivity index is 1.24. The highest BCUT2D eigenvalue weighted by Crippen LogP contribution is 2.23. The van der Waals surface area contributed by atoms with Gasteiger partial charge in [0.2, 0.25) is 5.95 Å². The van der Waals surface area contributed by atoms with Crippen LogP contribution in [0.25, 0.3) is 11.0 Å². The molecular weight excluding hydrogens is 442 g/mol. The highest BCUT2D eigenvalue weighted by molar-refractivity contribution is 5.93. The SMILES string of the molecule is Cc1nc2ccc(CN3CCN(c4ccc(C(=O)NC5=C=CC5)nc4F)CC3)c(F)c2[nH]c1=O. The summed E-state index contributed by atoms with van der Waals surface area (Å²) in [6.45, 7) is 4.15. The highest BCUT2D eigenvalue weighted by atomic mass is 19.1. The zero-order chi connectivity index (χ0) is 23.8. The van der Waals surface area contributed by atoms with Gasteiger partial charge in [0.15, 0.2) is 5.82 Å². The first-order chi connectivity index (χ1) is 16.4. The molecule has 1 fully saturated rings. The number of pyridine rings is 1. The minimum Gasteiger partial charge on any atom is -0.365 e. The zero-order valence-corrected chi connectivity index (χ0v) is 18.5. The van der Waals surface area contributed by atoms with Crippen LogP contribution in [-0.4, -0.2) is 51.9 Å². The smallest absolute Gasteiger partial charge is 0.274 e. The molecular formula is C24H22F2N6O2. The van der Waals surface area contributed by atoms with Gasteiger partial charge in [-0.25, -0.2) is 14.4 Å². The molecule has 3 heterocycles. The first kappa shape index (κ1) is 21.9. The summed E-state index contributed by atoms with van der Waals surface area (Å²) in [5.74, 6) is -1.65. The van der Waals surface area contributed by atoms with E-state index >= 15 is 0 Å². The van der Waals surface area contributed by atoms with Gasteiger partial charge in [-0.3, -0.25) is 14.5 Å². The molecule has 1 saturated heterocycles. The fourth-order valence-electron chi connectivity index (χ4n) is 4.05. The maximum atomic E-state index is 15.0. The molecule has 10 heteroatoms. The molecule has 1 aliphatic heterocycles. The van der Waals surface area contributed by atoms with Gasteiger partial charge in [0.05, 0.1) is 16.9 Å². The van der Waals surface area contributed by atoms with Gasteiger partial charge < -0.3 is 15.2 Å². The van der Waals surface area contributed by atoms with Gasteiger partial charge in [-0.1, -0.05) is 6.07 Å². The van der Waals surface area contributed by atoms with Crippen molar-refractivity contribution in [3.05, 3.63) is 80.8 Å². The van der Waals surface area contributed by atoms with Gasteiger partial charge in [-0.2, -0.15) is 4.39 Å². The Morgan fingerprint density at radius 1 is 1.15 bits per heavy atom. The number of aromatic nitrogens is 3. The molecule has 1 aliphatic carbocycles. The van der Waals surface area contributed by atoms with E-state index in [0.29, 0.717) is 67.3 Å². The minimum atomic E-state index is -0.702. The number of piperazine rings is 1. The molecule has 3 aromatic rings. The maximum absolute atomic E-state index is 15.0. The zero-order valence-electron chi connectivity index (χ0n) is 18.5. The largest absolute Gasteiger partial charge is 0.365 e. The Morgan fingerprint density at radius 3 is 2.59 bits per heavy atom. The van der Waals surface area contributed by atoms with Crippen molar-refractivity contribution in [2.24, 2.45) is 0 Å². The summed E-state index contributed by atoms with van der Waals surface area (Å²) in [6, 6.07) is 6.44. The second kappa shape index (κ2) is 8.81. The van der Waals surface area contributed by atoms with E-state index < -0.39 is 23.2 Å². The molecule has 8 nitrogen and oxygen atoms in total. The number of hydrogen-bond acceptors (Lipinski definition) is 6. The standard InChI is InChI=1S/C24H22F2N6O2/c1-14-23(33)30-21-17(27-14)6-5-15(20(21)25)13-31-9-11-32(12-10-31)19-8-7-18(29-22(19)26)24(34)28-16-3-2-4-16/h2,5-8H,3,9-13H2,1H3,(H,28,34)(H,30,33). The first-order valence-electron chi connectivity index (χ1n) is 11.0. The summed E-state index contributed by atoms with van der Waals surface area (Å²) in [6.07, 6.45) is 2.42. The van der Waals surface area contributed by atoms with Gasteiger partial charge in [-0.15, -0.1) is 5.73 Å². The van der Waals surface area contributed by atoms with Crippen LogP contribution in [0.5, 0.6) is 0 Å². The van der Waals surface area contributed by atoms with Gasteiger partial charge in [0.1, 0.15) is 16.9 Å². The fourth-order valence-corrected chi connectivity index (χ4v) is 4.05. The number of carbonyl (C=O) groups is 1. The molecule has 174 valence electrons. The third-order valence-electron chi connectivity index (χ3n) is 6.07. The minimum absolute atomic E-state index is 0.00981. The lowest BCUT2D eigenvalue weighted by Gasteiger charge is -2.36. The van der Waals surface area contributed by atoms with Crippen LogP contribution in [0.15, 0.2) is 46.6 Å². The number of halogens is 2. The van der Waals surface area contributed by atoms with Gasteiger partial charge in [0, 0.05) is 44.7 Å². The number of rotatable bonds is 5. The van der Waals surface area contributed by atoms with Crippen molar-refractivity contribution in [2.75, 3.05) is 31.1 Å². The van der Waals surface area contributed by atoms with Crippen LogP contribution < -0.4 is 15.8 Å². The van der Waals surface area contributed by atoms with Crippen LogP contribution in [0.4, 0.5) is 14.5 Å². The van der Waals surface area contributed by atoms with Crippen LogP contribution in [0.1, 0.15) is 28.2 Å². The van der Waals surface area contributed by atoms with Crippen molar-refractivity contribution in [3.63, 3.8) is 0 Å². The van der Waals surface area contributed by atoms with E-state index in [1.165, 1.54) is 6.07 Å². The maximum Gasteiger partial charge on any atom is 0.274 e. The van der Waals surface area contributed by atoms with Gasteiger partial charge in [-0.05, 0) is 31.2 Å². The lowest BCUT2D eigenvalue weighted by atomic mass is 10.1. The van der Waals surface area contributed by atoms with Crippen LogP contribution in [-0.2, 0) is 6.54 Å². The van der Waals surface area contributed by atoms with Crippen LogP contribution >= 0.6 is 0 Å². The first-order valence-corrected chi connectivity index (χ1v) is 11.0. The number of carbonyl (C=O) groups excluding carboxylic acids is 1. The molecule has 0 bridgehead atoms. The van der Waals surface area contributed by atoms with E-state index in [9.17, 15) is 18.4 Å². The van der Waals surface area contributed by atoms with Crippen LogP contribution in [0, 0.1) is 18.7 Å². The molecule has 0 radical (unpaired) electrons. The van der Waals surface area contributed by atoms with Crippen molar-refractivity contribution in [1.29, 1.82) is 0 Å². The topological polar surface area (TPSA) is 94.2 Å². The lowest BCUT2D eigenvalue weighted by molar-refractivity contribution is 0.0958. The van der Waals surface area contributed by atoms with E-state index in [0.717, 1.165) is 0 Å². The molecule has 2 N–H and O–H groups in total. The Bertz CT molecular complexity index is 1420. The number of fused-ring (bicyclic) bond motifs is 1. The number of nitrogens with zero attached hydrogens (tertiary/aromatic N) is 4. The molecule has 34 heavy (non-hydrogen) atoms. The van der Waals surface area contributed by atoms with E-state index in [1.807, 2.05) is 4.90 Å². The van der Waals surface area contributed by atoms with Crippen molar-refractivity contribution < 1.29 is 13.6 Å². The van der Waals surface area contributed by atoms with Crippen molar-refractivity contribution in [1.82, 2.24) is 25.2 Å². The molecule has 0 saturated carbocycles. The number of anilines is 1. The molecule has 0 unspecified atom stereocenters. The molecule has 1 amide bonds. The van der Waals surface area contributed by atoms with Crippen LogP contribution in [0.3, 0.4) is 0 Å². The summed E-state index contributed by atoms with van der Waals surface area (Å²) in [5.41, 5.74) is 4.70. The number of aryl methyl sites for hydroxylation is 1. The Kier molecular flexibility index (Phi) is 5.69. The Morgan fingerprint density at radius 2 is 1.91 bits per heavy atom. The third-order valence-corrected chi connectivity index (χ3v) is 6.07. The summed E-state index contributed by atoms with van der Waals surface area (Å²) < 4.78 is 29.7. The quantitative estimate of drug-likeness (QED) is 0.445. The number of benzene rings is 1. The lowest BCUT2D eigenvalue weighted by Crippen LogP contribution is -2.46. The van der Waals surface area contributed by atoms with E-state index in [-0.39, 0.29) is 11.2 Å². The number of hydrogen-bond donors (Lipinski definition) is 2. The molecule has 0 atom stereocenters. The average Bonchev–Trinajstić information content (AvgIpc) is 2.80. The fraction of sp³-hybridized carbons (Fsp3) is 0.292. The summed E-state index contributed by atoms with van der Waals surface area (Å²) in [7, 11) is 0. The number of H-pyrrole nitrogens is 1. The molecule has 2 aliphatic rings. The molecule has 1 aromatic carbocycles. The predicted octanol–water partition coefficient (Wildman–Crippen LogP) is 2.40. The van der Waals surface area contributed by atoms with Gasteiger partial charge in [0.25, 0.3) is 11.5 Å². The number of amides is 1. The molecule has 0 spiro atoms. The second-order valence-electron chi connectivity index (χ2n) is 8.34. The van der Waals surface area contributed by atoms with E-state index in [2.05, 4.69) is 30.9 Å². The highest BCUT2D eigenvalue weighted by Gasteiger charge is 2.23. The van der Waals surface area contributed by atoms with Crippen molar-refractivity contribution in [2.45, 2.75) is 19.9 Å². The summed E-state index contributed by atoms with van der Waals surface area (Å²) >= 11 is 0. The molecule has 2 aromatic heterocycles. The van der Waals surface area contributed by atoms with Gasteiger partial charge >= 0.3 is 0 Å². The second-order valence-corrected chi connectivity index (χ2v) is 8.34. The average molecular weight is 464 g/mol. The summed E-state index contributed by atoms with van der Waals surface area (Å²) in [5, 5.41) is 2.64. The third kappa shape index (κ3) is 4.21. The summed E-state index contributed by atoms with van der Waals surface area (Å²) in [4.78, 5) is 38.5. The monoisotopic (exact) mass is 464 g/mol. The Hall–Kier alpha value is -3.88. The van der Waals surface area contributed by atoms with E-state index in [4.69, 9.17) is 0 Å². The van der Waals surface area contributed by atoms with Crippen LogP contribution in [0.2, 0.25) is 0 Å². The number of aromatic amines is 1. The number of nitrogens with one attached hydrogen (secondary N) is 2. The molecule has 5 rings (SSSR count). The van der Waals surface area contributed by atoms with Crippen molar-refractivity contribution >= 4 is 22.6 Å². The Labute approximate surface area is 193 Å². The van der Waals surface area contributed by atoms with Crippen molar-refractivity contribution in [3.8, 4) is 0 Å².